The molecule has 0 saturated carbocycles. The fourth-order valence-corrected chi connectivity index (χ4v) is 4.56. The molecule has 31 heavy (non-hydrogen) atoms. The van der Waals surface area contributed by atoms with Crippen LogP contribution < -0.4 is 9.47 Å². The second-order valence-corrected chi connectivity index (χ2v) is 9.66. The normalized spacial score (nSPS) is 10.6. The van der Waals surface area contributed by atoms with E-state index >= 15 is 0 Å². The maximum absolute atomic E-state index is 5.89. The number of ether oxygens (including phenoxy) is 2. The van der Waals surface area contributed by atoms with Gasteiger partial charge in [-0.25, -0.2) is 0 Å². The molecule has 4 rings (SSSR count). The van der Waals surface area contributed by atoms with E-state index in [1.807, 2.05) is 12.1 Å². The van der Waals surface area contributed by atoms with Crippen LogP contribution in [0.2, 0.25) is 10.6 Å². The molecule has 4 aromatic carbocycles. The molecule has 2 nitrogen and oxygen atoms in total. The first-order valence-electron chi connectivity index (χ1n) is 10.5. The molecule has 0 spiro atoms. The molecule has 0 aromatic heterocycles. The molecule has 0 saturated heterocycles. The van der Waals surface area contributed by atoms with Crippen LogP contribution in [0.1, 0.15) is 0 Å². The van der Waals surface area contributed by atoms with E-state index in [-0.39, 0.29) is 0 Å². The van der Waals surface area contributed by atoms with Gasteiger partial charge >= 0.3 is 191 Å². The Morgan fingerprint density at radius 3 is 1.16 bits per heavy atom. The zero-order valence-electron chi connectivity index (χ0n) is 17.4. The summed E-state index contributed by atoms with van der Waals surface area (Å²) >= 11 is 0.522. The van der Waals surface area contributed by atoms with Gasteiger partial charge < -0.3 is 0 Å². The Bertz CT molecular complexity index is 943. The average molecular weight is 473 g/mol. The Labute approximate surface area is 191 Å². The van der Waals surface area contributed by atoms with Crippen LogP contribution >= 0.6 is 0 Å². The van der Waals surface area contributed by atoms with Crippen LogP contribution in [0.25, 0.3) is 22.3 Å². The number of hydrogen-bond acceptors (Lipinski definition) is 2. The van der Waals surface area contributed by atoms with E-state index in [9.17, 15) is 0 Å². The van der Waals surface area contributed by atoms with Crippen molar-refractivity contribution >= 4 is 15.0 Å². The molecule has 0 fully saturated rings. The molecule has 0 atom stereocenters. The van der Waals surface area contributed by atoms with Crippen molar-refractivity contribution in [2.45, 2.75) is 10.6 Å². The summed E-state index contributed by atoms with van der Waals surface area (Å²) in [5.41, 5.74) is 4.89. The van der Waals surface area contributed by atoms with E-state index in [2.05, 4.69) is 97.1 Å². The Hall–Kier alpha value is -3.00. The summed E-state index contributed by atoms with van der Waals surface area (Å²) in [6.45, 7) is 1.52. The monoisotopic (exact) mass is 474 g/mol. The molecule has 0 radical (unpaired) electrons. The molecule has 0 unspecified atom stereocenters. The molecule has 0 amide bonds. The van der Waals surface area contributed by atoms with E-state index in [0.29, 0.717) is 15.0 Å². The summed E-state index contributed by atoms with van der Waals surface area (Å²) in [7, 11) is 0. The Morgan fingerprint density at radius 1 is 0.419 bits per heavy atom. The SMILES string of the molecule is c1ccc(-c2ccc(OCC[Se]CCOc3ccc(-c4ccccc4)cc3)cc2)cc1. The third kappa shape index (κ3) is 6.49. The predicted molar refractivity (Wildman–Crippen MR) is 130 cm³/mol. The van der Waals surface area contributed by atoms with Crippen LogP contribution in [0.5, 0.6) is 11.5 Å². The van der Waals surface area contributed by atoms with E-state index in [4.69, 9.17) is 9.47 Å². The molecule has 0 heterocycles. The Morgan fingerprint density at radius 2 is 0.774 bits per heavy atom. The van der Waals surface area contributed by atoms with Crippen molar-refractivity contribution in [3.05, 3.63) is 109 Å². The van der Waals surface area contributed by atoms with Gasteiger partial charge in [0.25, 0.3) is 0 Å². The predicted octanol–water partition coefficient (Wildman–Crippen LogP) is 7.02. The third-order valence-electron chi connectivity index (χ3n) is 4.92. The first-order chi connectivity index (χ1) is 15.4. The standard InChI is InChI=1S/C28H26O2Se/c1-3-7-23(8-4-1)25-11-15-27(16-12-25)29-19-21-31-22-20-30-28-17-13-26(14-18-28)24-9-5-2-6-10-24/h1-18H,19-22H2. The summed E-state index contributed by atoms with van der Waals surface area (Å²) in [5.74, 6) is 1.87. The second-order valence-electron chi connectivity index (χ2n) is 7.09. The molecule has 4 aromatic rings. The van der Waals surface area contributed by atoms with Gasteiger partial charge in [-0.15, -0.1) is 0 Å². The van der Waals surface area contributed by atoms with Crippen molar-refractivity contribution in [2.75, 3.05) is 13.2 Å². The van der Waals surface area contributed by atoms with Crippen LogP contribution in [0.15, 0.2) is 109 Å². The van der Waals surface area contributed by atoms with Gasteiger partial charge in [0.2, 0.25) is 0 Å². The quantitative estimate of drug-likeness (QED) is 0.182. The molecule has 0 aliphatic heterocycles. The zero-order valence-corrected chi connectivity index (χ0v) is 19.2. The van der Waals surface area contributed by atoms with Crippen molar-refractivity contribution in [1.29, 1.82) is 0 Å². The molecule has 3 heteroatoms. The molecule has 0 N–H and O–H groups in total. The second kappa shape index (κ2) is 11.4. The van der Waals surface area contributed by atoms with Crippen LogP contribution in [0.3, 0.4) is 0 Å². The van der Waals surface area contributed by atoms with Gasteiger partial charge in [0, 0.05) is 0 Å². The summed E-state index contributed by atoms with van der Waals surface area (Å²) in [6, 6.07) is 37.5. The Kier molecular flexibility index (Phi) is 7.82. The molecule has 0 aliphatic rings. The van der Waals surface area contributed by atoms with Gasteiger partial charge in [0.15, 0.2) is 0 Å². The van der Waals surface area contributed by atoms with Gasteiger partial charge in [-0.3, -0.25) is 0 Å². The summed E-state index contributed by atoms with van der Waals surface area (Å²) < 4.78 is 11.8. The van der Waals surface area contributed by atoms with Crippen LogP contribution in [0, 0.1) is 0 Å². The maximum atomic E-state index is 5.89. The van der Waals surface area contributed by atoms with E-state index < -0.39 is 0 Å². The van der Waals surface area contributed by atoms with E-state index in [0.717, 1.165) is 35.4 Å². The van der Waals surface area contributed by atoms with E-state index in [1.165, 1.54) is 22.3 Å². The molecule has 0 bridgehead atoms. The summed E-state index contributed by atoms with van der Waals surface area (Å²) in [4.78, 5) is 0. The third-order valence-corrected chi connectivity index (χ3v) is 6.83. The Balaban J connectivity index is 1.11. The summed E-state index contributed by atoms with van der Waals surface area (Å²) in [5, 5.41) is 2.17. The topological polar surface area (TPSA) is 18.5 Å². The molecule has 0 aliphatic carbocycles. The minimum atomic E-state index is 0.522. The first-order valence-corrected chi connectivity index (χ1v) is 12.9. The molecule has 156 valence electrons. The van der Waals surface area contributed by atoms with Crippen LogP contribution in [-0.2, 0) is 0 Å². The van der Waals surface area contributed by atoms with Crippen LogP contribution in [0.4, 0.5) is 0 Å². The van der Waals surface area contributed by atoms with Crippen molar-refractivity contribution in [2.24, 2.45) is 0 Å². The van der Waals surface area contributed by atoms with Crippen molar-refractivity contribution < 1.29 is 9.47 Å². The van der Waals surface area contributed by atoms with E-state index in [1.54, 1.807) is 0 Å². The van der Waals surface area contributed by atoms with Gasteiger partial charge in [0.1, 0.15) is 0 Å². The van der Waals surface area contributed by atoms with Crippen LogP contribution in [-0.4, -0.2) is 28.2 Å². The molecular formula is C28H26O2Se. The fraction of sp³-hybridized carbons (Fsp3) is 0.143. The number of hydrogen-bond donors (Lipinski definition) is 0. The van der Waals surface area contributed by atoms with Gasteiger partial charge in [-0.1, -0.05) is 0 Å². The van der Waals surface area contributed by atoms with Gasteiger partial charge in [0.05, 0.1) is 0 Å². The average Bonchev–Trinajstić information content (AvgIpc) is 2.85. The van der Waals surface area contributed by atoms with Crippen molar-refractivity contribution in [1.82, 2.24) is 0 Å². The zero-order chi connectivity index (χ0) is 21.1. The first kappa shape index (κ1) is 21.2. The number of rotatable bonds is 10. The van der Waals surface area contributed by atoms with Gasteiger partial charge in [-0.05, 0) is 0 Å². The van der Waals surface area contributed by atoms with Crippen molar-refractivity contribution in [3.8, 4) is 33.8 Å². The van der Waals surface area contributed by atoms with Crippen molar-refractivity contribution in [3.63, 3.8) is 0 Å². The minimum absolute atomic E-state index is 0.522. The van der Waals surface area contributed by atoms with Gasteiger partial charge in [-0.2, -0.15) is 0 Å². The fourth-order valence-electron chi connectivity index (χ4n) is 3.29. The molecular weight excluding hydrogens is 447 g/mol. The number of benzene rings is 4. The summed E-state index contributed by atoms with van der Waals surface area (Å²) in [6.07, 6.45) is 0.